The summed E-state index contributed by atoms with van der Waals surface area (Å²) in [7, 11) is -2.25. The van der Waals surface area contributed by atoms with Gasteiger partial charge in [0.25, 0.3) is 0 Å². The highest BCUT2D eigenvalue weighted by molar-refractivity contribution is 7.89. The first kappa shape index (κ1) is 28.9. The van der Waals surface area contributed by atoms with Crippen LogP contribution < -0.4 is 0 Å². The molecule has 37 heavy (non-hydrogen) atoms. The first-order chi connectivity index (χ1) is 17.3. The Balaban J connectivity index is 2.15. The summed E-state index contributed by atoms with van der Waals surface area (Å²) < 4.78 is 37.1. The van der Waals surface area contributed by atoms with Crippen molar-refractivity contribution >= 4 is 26.9 Å². The SMILES string of the molecule is Cc1cc(CN([C@@H](CC(C)C)C(=O)N(CC(C)C)CC(C)C)S(=O)(=O)c2ccc3occc3c2)n(C)n1. The maximum Gasteiger partial charge on any atom is 0.244 e. The molecular formula is C28H42N4O4S. The summed E-state index contributed by atoms with van der Waals surface area (Å²) in [6.45, 7) is 15.4. The molecule has 0 aliphatic rings. The van der Waals surface area contributed by atoms with Crippen LogP contribution in [0.1, 0.15) is 59.4 Å². The summed E-state index contributed by atoms with van der Waals surface area (Å²) in [5.74, 6) is 0.477. The van der Waals surface area contributed by atoms with Crippen molar-refractivity contribution in [1.82, 2.24) is 19.0 Å². The number of sulfonamides is 1. The normalized spacial score (nSPS) is 13.4. The number of aromatic nitrogens is 2. The molecule has 0 unspecified atom stereocenters. The van der Waals surface area contributed by atoms with Crippen LogP contribution in [-0.4, -0.2) is 52.4 Å². The highest BCUT2D eigenvalue weighted by Gasteiger charge is 2.39. The quantitative estimate of drug-likeness (QED) is 0.320. The number of carbonyl (C=O) groups is 1. The van der Waals surface area contributed by atoms with Crippen molar-refractivity contribution in [1.29, 1.82) is 0 Å². The molecule has 0 radical (unpaired) electrons. The van der Waals surface area contributed by atoms with Gasteiger partial charge in [0.15, 0.2) is 0 Å². The van der Waals surface area contributed by atoms with E-state index in [4.69, 9.17) is 4.42 Å². The van der Waals surface area contributed by atoms with Gasteiger partial charge < -0.3 is 9.32 Å². The number of hydrogen-bond acceptors (Lipinski definition) is 5. The predicted octanol–water partition coefficient (Wildman–Crippen LogP) is 5.22. The lowest BCUT2D eigenvalue weighted by Crippen LogP contribution is -2.52. The molecule has 0 fully saturated rings. The standard InChI is InChI=1S/C28H42N4O4S/c1-19(2)13-26(28(33)31(16-20(3)4)17-21(5)6)32(18-24-14-22(7)29-30(24)8)37(34,35)25-9-10-27-23(15-25)11-12-36-27/h9-12,14-15,19-21,26H,13,16-18H2,1-8H3/t26-/m0/s1. The van der Waals surface area contributed by atoms with Gasteiger partial charge in [-0.15, -0.1) is 0 Å². The molecule has 0 spiro atoms. The Kier molecular flexibility index (Phi) is 9.23. The van der Waals surface area contributed by atoms with E-state index in [1.54, 1.807) is 36.0 Å². The van der Waals surface area contributed by atoms with E-state index in [-0.39, 0.29) is 35.1 Å². The van der Waals surface area contributed by atoms with Crippen molar-refractivity contribution < 1.29 is 17.6 Å². The molecule has 1 atom stereocenters. The number of nitrogens with zero attached hydrogens (tertiary/aromatic N) is 4. The van der Waals surface area contributed by atoms with E-state index in [9.17, 15) is 13.2 Å². The smallest absolute Gasteiger partial charge is 0.244 e. The van der Waals surface area contributed by atoms with Crippen molar-refractivity contribution in [2.75, 3.05) is 13.1 Å². The van der Waals surface area contributed by atoms with Crippen molar-refractivity contribution in [2.24, 2.45) is 24.8 Å². The second-order valence-electron chi connectivity index (χ2n) is 11.2. The van der Waals surface area contributed by atoms with Crippen molar-refractivity contribution in [2.45, 2.75) is 72.4 Å². The van der Waals surface area contributed by atoms with Crippen LogP contribution in [0.5, 0.6) is 0 Å². The number of fused-ring (bicyclic) bond motifs is 1. The van der Waals surface area contributed by atoms with Gasteiger partial charge in [-0.25, -0.2) is 8.42 Å². The van der Waals surface area contributed by atoms with Crippen LogP contribution in [0.3, 0.4) is 0 Å². The van der Waals surface area contributed by atoms with Gasteiger partial charge in [0, 0.05) is 25.5 Å². The molecule has 0 saturated carbocycles. The number of hydrogen-bond donors (Lipinski definition) is 0. The molecule has 0 aliphatic heterocycles. The zero-order valence-corrected chi connectivity index (χ0v) is 24.2. The Morgan fingerprint density at radius 1 is 1.00 bits per heavy atom. The second kappa shape index (κ2) is 11.8. The Bertz CT molecular complexity index is 1300. The van der Waals surface area contributed by atoms with Crippen LogP contribution in [0.15, 0.2) is 45.9 Å². The van der Waals surface area contributed by atoms with Gasteiger partial charge in [0.05, 0.1) is 29.1 Å². The lowest BCUT2D eigenvalue weighted by Gasteiger charge is -2.36. The molecule has 3 rings (SSSR count). The number of amides is 1. The fourth-order valence-electron chi connectivity index (χ4n) is 4.71. The van der Waals surface area contributed by atoms with Gasteiger partial charge >= 0.3 is 0 Å². The molecule has 3 aromatic rings. The Hall–Kier alpha value is -2.65. The fraction of sp³-hybridized carbons (Fsp3) is 0.571. The topological polar surface area (TPSA) is 88.7 Å². The average molecular weight is 531 g/mol. The summed E-state index contributed by atoms with van der Waals surface area (Å²) in [5.41, 5.74) is 2.14. The van der Waals surface area contributed by atoms with E-state index in [0.29, 0.717) is 30.5 Å². The molecule has 0 bridgehead atoms. The third-order valence-electron chi connectivity index (χ3n) is 6.26. The summed E-state index contributed by atoms with van der Waals surface area (Å²) in [5, 5.41) is 5.12. The maximum absolute atomic E-state index is 14.3. The molecule has 2 aromatic heterocycles. The summed E-state index contributed by atoms with van der Waals surface area (Å²) in [6.07, 6.45) is 1.95. The van der Waals surface area contributed by atoms with E-state index >= 15 is 0 Å². The maximum atomic E-state index is 14.3. The minimum absolute atomic E-state index is 0.0451. The van der Waals surface area contributed by atoms with E-state index in [1.165, 1.54) is 10.6 Å². The summed E-state index contributed by atoms with van der Waals surface area (Å²) in [4.78, 5) is 16.2. The second-order valence-corrected chi connectivity index (χ2v) is 13.1. The fourth-order valence-corrected chi connectivity index (χ4v) is 6.31. The van der Waals surface area contributed by atoms with Gasteiger partial charge in [-0.2, -0.15) is 9.40 Å². The molecule has 0 N–H and O–H groups in total. The van der Waals surface area contributed by atoms with E-state index < -0.39 is 16.1 Å². The molecule has 204 valence electrons. The van der Waals surface area contributed by atoms with E-state index in [2.05, 4.69) is 32.8 Å². The van der Waals surface area contributed by atoms with Crippen LogP contribution >= 0.6 is 0 Å². The van der Waals surface area contributed by atoms with Crippen LogP contribution in [0, 0.1) is 24.7 Å². The predicted molar refractivity (Wildman–Crippen MR) is 146 cm³/mol. The Labute approximate surface area is 221 Å². The molecule has 1 amide bonds. The number of carbonyl (C=O) groups excluding carboxylic acids is 1. The zero-order valence-electron chi connectivity index (χ0n) is 23.4. The third-order valence-corrected chi connectivity index (χ3v) is 8.11. The molecule has 2 heterocycles. The lowest BCUT2D eigenvalue weighted by atomic mass is 10.0. The molecule has 0 saturated heterocycles. The van der Waals surface area contributed by atoms with Crippen LogP contribution in [0.25, 0.3) is 11.0 Å². The first-order valence-corrected chi connectivity index (χ1v) is 14.5. The monoisotopic (exact) mass is 530 g/mol. The summed E-state index contributed by atoms with van der Waals surface area (Å²) >= 11 is 0. The number of benzene rings is 1. The van der Waals surface area contributed by atoms with Crippen LogP contribution in [-0.2, 0) is 28.4 Å². The number of furan rings is 1. The first-order valence-electron chi connectivity index (χ1n) is 13.1. The molecular weight excluding hydrogens is 488 g/mol. The molecule has 0 aliphatic carbocycles. The summed E-state index contributed by atoms with van der Waals surface area (Å²) in [6, 6.07) is 7.60. The van der Waals surface area contributed by atoms with Crippen LogP contribution in [0.4, 0.5) is 0 Å². The number of rotatable bonds is 12. The number of aryl methyl sites for hydroxylation is 2. The zero-order chi connectivity index (χ0) is 27.5. The van der Waals surface area contributed by atoms with Crippen LogP contribution in [0.2, 0.25) is 0 Å². The van der Waals surface area contributed by atoms with Crippen molar-refractivity contribution in [3.05, 3.63) is 48.0 Å². The van der Waals surface area contributed by atoms with Gasteiger partial charge in [0.1, 0.15) is 11.6 Å². The van der Waals surface area contributed by atoms with Crippen molar-refractivity contribution in [3.63, 3.8) is 0 Å². The minimum Gasteiger partial charge on any atom is -0.464 e. The largest absolute Gasteiger partial charge is 0.464 e. The lowest BCUT2D eigenvalue weighted by molar-refractivity contribution is -0.137. The molecule has 1 aromatic carbocycles. The van der Waals surface area contributed by atoms with E-state index in [0.717, 1.165) is 11.4 Å². The molecule has 9 heteroatoms. The van der Waals surface area contributed by atoms with E-state index in [1.807, 2.05) is 31.7 Å². The third kappa shape index (κ3) is 7.02. The van der Waals surface area contributed by atoms with Gasteiger partial charge in [-0.1, -0.05) is 41.5 Å². The highest BCUT2D eigenvalue weighted by Crippen LogP contribution is 2.29. The molecule has 8 nitrogen and oxygen atoms in total. The Morgan fingerprint density at radius 3 is 2.19 bits per heavy atom. The van der Waals surface area contributed by atoms with Gasteiger partial charge in [-0.05, 0) is 61.4 Å². The minimum atomic E-state index is -4.05. The average Bonchev–Trinajstić information content (AvgIpc) is 3.38. The van der Waals surface area contributed by atoms with Crippen molar-refractivity contribution in [3.8, 4) is 0 Å². The Morgan fingerprint density at radius 2 is 1.65 bits per heavy atom. The van der Waals surface area contributed by atoms with Gasteiger partial charge in [-0.3, -0.25) is 9.48 Å². The highest BCUT2D eigenvalue weighted by atomic mass is 32.2. The van der Waals surface area contributed by atoms with Gasteiger partial charge in [0.2, 0.25) is 15.9 Å².